The Hall–Kier alpha value is -2.82. The Morgan fingerprint density at radius 3 is 2.21 bits per heavy atom. The molecular weight excluding hydrogens is 362 g/mol. The molecule has 0 radical (unpaired) electrons. The number of aryl methyl sites for hydroxylation is 3. The number of hydrogen-bond donors (Lipinski definition) is 1. The second-order valence-corrected chi connectivity index (χ2v) is 8.47. The maximum absolute atomic E-state index is 13.2. The van der Waals surface area contributed by atoms with Crippen molar-refractivity contribution in [3.8, 4) is 0 Å². The molecule has 1 aliphatic heterocycles. The number of amides is 2. The Bertz CT molecular complexity index is 941. The van der Waals surface area contributed by atoms with Gasteiger partial charge in [-0.15, -0.1) is 0 Å². The normalized spacial score (nSPS) is 17.8. The highest BCUT2D eigenvalue weighted by atomic mass is 16.2. The highest BCUT2D eigenvalue weighted by Crippen LogP contribution is 2.48. The van der Waals surface area contributed by atoms with Crippen LogP contribution in [0, 0.1) is 26.2 Å². The summed E-state index contributed by atoms with van der Waals surface area (Å²) in [6, 6.07) is 14.4. The Labute approximate surface area is 172 Å². The lowest BCUT2D eigenvalue weighted by atomic mass is 10.0. The summed E-state index contributed by atoms with van der Waals surface area (Å²) in [6.45, 7) is 9.01. The van der Waals surface area contributed by atoms with E-state index in [9.17, 15) is 9.59 Å². The molecule has 0 atom stereocenters. The van der Waals surface area contributed by atoms with Gasteiger partial charge < -0.3 is 15.1 Å². The van der Waals surface area contributed by atoms with Gasteiger partial charge in [0.1, 0.15) is 5.41 Å². The molecule has 1 aliphatic carbocycles. The van der Waals surface area contributed by atoms with E-state index < -0.39 is 5.41 Å². The van der Waals surface area contributed by atoms with Crippen LogP contribution < -0.4 is 10.2 Å². The summed E-state index contributed by atoms with van der Waals surface area (Å²) in [4.78, 5) is 30.4. The van der Waals surface area contributed by atoms with Gasteiger partial charge in [-0.25, -0.2) is 0 Å². The third-order valence-electron chi connectivity index (χ3n) is 6.16. The summed E-state index contributed by atoms with van der Waals surface area (Å²) in [5.41, 5.74) is 4.54. The Kier molecular flexibility index (Phi) is 5.07. The molecule has 1 heterocycles. The number of nitrogens with one attached hydrogen (secondary N) is 1. The predicted octanol–water partition coefficient (Wildman–Crippen LogP) is 3.68. The van der Waals surface area contributed by atoms with Gasteiger partial charge in [-0.05, 0) is 62.9 Å². The van der Waals surface area contributed by atoms with Crippen LogP contribution in [0.1, 0.15) is 29.5 Å². The number of hydrogen-bond acceptors (Lipinski definition) is 3. The van der Waals surface area contributed by atoms with Crippen molar-refractivity contribution >= 4 is 23.2 Å². The second-order valence-electron chi connectivity index (χ2n) is 8.47. The zero-order chi connectivity index (χ0) is 20.6. The van der Waals surface area contributed by atoms with Crippen LogP contribution in [0.5, 0.6) is 0 Å². The fraction of sp³-hybridized carbons (Fsp3) is 0.417. The molecule has 0 unspecified atom stereocenters. The molecule has 2 amide bonds. The monoisotopic (exact) mass is 391 g/mol. The van der Waals surface area contributed by atoms with E-state index in [1.807, 2.05) is 36.9 Å². The van der Waals surface area contributed by atoms with Crippen molar-refractivity contribution in [1.82, 2.24) is 4.90 Å². The van der Waals surface area contributed by atoms with Crippen molar-refractivity contribution in [3.63, 3.8) is 0 Å². The molecule has 5 heteroatoms. The van der Waals surface area contributed by atoms with Crippen molar-refractivity contribution in [2.75, 3.05) is 36.4 Å². The SMILES string of the molecule is Cc1cccc(N2CCN(C(=O)C3(C(=O)Nc4ccc(C)cc4C)CC3)CC2)c1. The van der Waals surface area contributed by atoms with Crippen molar-refractivity contribution in [2.45, 2.75) is 33.6 Å². The molecule has 2 aromatic carbocycles. The molecule has 4 rings (SSSR count). The van der Waals surface area contributed by atoms with E-state index in [-0.39, 0.29) is 11.8 Å². The summed E-state index contributed by atoms with van der Waals surface area (Å²) in [7, 11) is 0. The van der Waals surface area contributed by atoms with Gasteiger partial charge in [-0.3, -0.25) is 9.59 Å². The minimum Gasteiger partial charge on any atom is -0.368 e. The Morgan fingerprint density at radius 2 is 1.59 bits per heavy atom. The quantitative estimate of drug-likeness (QED) is 0.809. The van der Waals surface area contributed by atoms with E-state index in [4.69, 9.17) is 0 Å². The Morgan fingerprint density at radius 1 is 0.897 bits per heavy atom. The molecule has 1 N–H and O–H groups in total. The maximum Gasteiger partial charge on any atom is 0.240 e. The molecule has 0 aromatic heterocycles. The first kappa shape index (κ1) is 19.5. The van der Waals surface area contributed by atoms with Gasteiger partial charge in [0, 0.05) is 37.6 Å². The average molecular weight is 392 g/mol. The highest BCUT2D eigenvalue weighted by Gasteiger charge is 2.58. The zero-order valence-electron chi connectivity index (χ0n) is 17.5. The zero-order valence-corrected chi connectivity index (χ0v) is 17.5. The fourth-order valence-electron chi connectivity index (χ4n) is 4.15. The molecule has 0 spiro atoms. The lowest BCUT2D eigenvalue weighted by Gasteiger charge is -2.37. The van der Waals surface area contributed by atoms with Crippen LogP contribution in [-0.2, 0) is 9.59 Å². The van der Waals surface area contributed by atoms with Crippen molar-refractivity contribution in [3.05, 3.63) is 59.2 Å². The maximum atomic E-state index is 13.2. The number of nitrogens with zero attached hydrogens (tertiary/aromatic N) is 2. The van der Waals surface area contributed by atoms with Crippen LogP contribution in [0.4, 0.5) is 11.4 Å². The number of carbonyl (C=O) groups excluding carboxylic acids is 2. The lowest BCUT2D eigenvalue weighted by molar-refractivity contribution is -0.142. The topological polar surface area (TPSA) is 52.7 Å². The van der Waals surface area contributed by atoms with Gasteiger partial charge in [0.05, 0.1) is 0 Å². The summed E-state index contributed by atoms with van der Waals surface area (Å²) < 4.78 is 0. The molecule has 5 nitrogen and oxygen atoms in total. The summed E-state index contributed by atoms with van der Waals surface area (Å²) in [6.07, 6.45) is 1.28. The van der Waals surface area contributed by atoms with E-state index in [2.05, 4.69) is 41.4 Å². The molecular formula is C24H29N3O2. The number of anilines is 2. The van der Waals surface area contributed by atoms with Crippen LogP contribution in [0.3, 0.4) is 0 Å². The van der Waals surface area contributed by atoms with E-state index >= 15 is 0 Å². The van der Waals surface area contributed by atoms with Crippen LogP contribution in [0.25, 0.3) is 0 Å². The minimum atomic E-state index is -0.872. The van der Waals surface area contributed by atoms with Crippen LogP contribution in [0.2, 0.25) is 0 Å². The molecule has 2 aromatic rings. The summed E-state index contributed by atoms with van der Waals surface area (Å²) in [5.74, 6) is -0.167. The largest absolute Gasteiger partial charge is 0.368 e. The van der Waals surface area contributed by atoms with Crippen LogP contribution in [-0.4, -0.2) is 42.9 Å². The third-order valence-corrected chi connectivity index (χ3v) is 6.16. The van der Waals surface area contributed by atoms with Crippen molar-refractivity contribution < 1.29 is 9.59 Å². The van der Waals surface area contributed by atoms with Gasteiger partial charge in [0.15, 0.2) is 0 Å². The third kappa shape index (κ3) is 3.86. The van der Waals surface area contributed by atoms with Gasteiger partial charge in [0.2, 0.25) is 11.8 Å². The first-order valence-corrected chi connectivity index (χ1v) is 10.4. The van der Waals surface area contributed by atoms with Gasteiger partial charge in [-0.1, -0.05) is 29.8 Å². The van der Waals surface area contributed by atoms with Crippen molar-refractivity contribution in [2.24, 2.45) is 5.41 Å². The van der Waals surface area contributed by atoms with Gasteiger partial charge in [-0.2, -0.15) is 0 Å². The number of benzene rings is 2. The number of carbonyl (C=O) groups is 2. The first-order chi connectivity index (χ1) is 13.9. The molecule has 1 saturated heterocycles. The molecule has 152 valence electrons. The van der Waals surface area contributed by atoms with Gasteiger partial charge >= 0.3 is 0 Å². The highest BCUT2D eigenvalue weighted by molar-refractivity contribution is 6.13. The van der Waals surface area contributed by atoms with Gasteiger partial charge in [0.25, 0.3) is 0 Å². The predicted molar refractivity (Wildman–Crippen MR) is 116 cm³/mol. The minimum absolute atomic E-state index is 0.0105. The lowest BCUT2D eigenvalue weighted by Crippen LogP contribution is -2.52. The molecule has 29 heavy (non-hydrogen) atoms. The Balaban J connectivity index is 1.40. The average Bonchev–Trinajstić information content (AvgIpc) is 3.52. The number of rotatable bonds is 4. The summed E-state index contributed by atoms with van der Waals surface area (Å²) in [5, 5.41) is 3.00. The van der Waals surface area contributed by atoms with E-state index in [0.717, 1.165) is 29.9 Å². The molecule has 2 fully saturated rings. The molecule has 1 saturated carbocycles. The molecule has 0 bridgehead atoms. The smallest absolute Gasteiger partial charge is 0.240 e. The number of piperazine rings is 1. The fourth-order valence-corrected chi connectivity index (χ4v) is 4.15. The van der Waals surface area contributed by atoms with E-state index in [1.165, 1.54) is 11.3 Å². The second kappa shape index (κ2) is 7.54. The first-order valence-electron chi connectivity index (χ1n) is 10.4. The van der Waals surface area contributed by atoms with Crippen LogP contribution >= 0.6 is 0 Å². The van der Waals surface area contributed by atoms with E-state index in [0.29, 0.717) is 25.9 Å². The standard InChI is InChI=1S/C24H29N3O2/c1-17-5-4-6-20(16-17)26-11-13-27(14-12-26)23(29)24(9-10-24)22(28)25-21-8-7-18(2)15-19(21)3/h4-8,15-16H,9-14H2,1-3H3,(H,25,28). The molecule has 2 aliphatic rings. The van der Waals surface area contributed by atoms with Crippen LogP contribution in [0.15, 0.2) is 42.5 Å². The van der Waals surface area contributed by atoms with E-state index in [1.54, 1.807) is 0 Å². The van der Waals surface area contributed by atoms with Crippen molar-refractivity contribution in [1.29, 1.82) is 0 Å². The summed E-state index contributed by atoms with van der Waals surface area (Å²) >= 11 is 0.